The van der Waals surface area contributed by atoms with Crippen LogP contribution in [0.2, 0.25) is 0 Å². The molecule has 0 bridgehead atoms. The molecule has 94 valence electrons. The maximum absolute atomic E-state index is 12.4. The molecule has 0 aliphatic rings. The van der Waals surface area contributed by atoms with Gasteiger partial charge in [0.1, 0.15) is 11.4 Å². The Balaban J connectivity index is 2.49. The highest BCUT2D eigenvalue weighted by molar-refractivity contribution is 5.94. The first-order valence-corrected chi connectivity index (χ1v) is 5.75. The van der Waals surface area contributed by atoms with Crippen molar-refractivity contribution in [2.45, 2.75) is 0 Å². The van der Waals surface area contributed by atoms with Crippen LogP contribution in [0.3, 0.4) is 0 Å². The Morgan fingerprint density at radius 1 is 1.32 bits per heavy atom. The van der Waals surface area contributed by atoms with Gasteiger partial charge in [0.2, 0.25) is 11.1 Å². The molecule has 5 heteroatoms. The third kappa shape index (κ3) is 1.76. The molecule has 0 saturated carbocycles. The summed E-state index contributed by atoms with van der Waals surface area (Å²) >= 11 is 0. The van der Waals surface area contributed by atoms with E-state index in [0.29, 0.717) is 21.9 Å². The maximum atomic E-state index is 12.4. The van der Waals surface area contributed by atoms with Crippen LogP contribution in [0.4, 0.5) is 5.82 Å². The molecule has 3 aromatic rings. The molecule has 2 heterocycles. The zero-order valence-electron chi connectivity index (χ0n) is 10.3. The van der Waals surface area contributed by atoms with Gasteiger partial charge < -0.3 is 10.2 Å². The number of hydrogen-bond donors (Lipinski definition) is 1. The standard InChI is InChI=1S/C14H11N3O2/c1-16-7-8-6-10-12(18)9-4-2-3-5-11(9)19-14(10)17-13(8)15/h2-7H,1H3,(H2,15,17). The van der Waals surface area contributed by atoms with Crippen molar-refractivity contribution < 1.29 is 4.42 Å². The largest absolute Gasteiger partial charge is 0.437 e. The second kappa shape index (κ2) is 4.20. The monoisotopic (exact) mass is 253 g/mol. The van der Waals surface area contributed by atoms with Gasteiger partial charge in [-0.15, -0.1) is 0 Å². The number of nitrogens with zero attached hydrogens (tertiary/aromatic N) is 2. The van der Waals surface area contributed by atoms with Crippen molar-refractivity contribution in [2.24, 2.45) is 4.99 Å². The van der Waals surface area contributed by atoms with E-state index >= 15 is 0 Å². The molecule has 0 radical (unpaired) electrons. The molecular weight excluding hydrogens is 242 g/mol. The van der Waals surface area contributed by atoms with Gasteiger partial charge in [-0.2, -0.15) is 4.98 Å². The molecule has 5 nitrogen and oxygen atoms in total. The Kier molecular flexibility index (Phi) is 2.52. The maximum Gasteiger partial charge on any atom is 0.232 e. The van der Waals surface area contributed by atoms with Crippen molar-refractivity contribution in [2.75, 3.05) is 12.8 Å². The van der Waals surface area contributed by atoms with Gasteiger partial charge >= 0.3 is 0 Å². The minimum atomic E-state index is -0.116. The minimum Gasteiger partial charge on any atom is -0.437 e. The molecule has 3 rings (SSSR count). The van der Waals surface area contributed by atoms with Gasteiger partial charge in [-0.1, -0.05) is 12.1 Å². The number of nitrogen functional groups attached to an aromatic ring is 1. The predicted molar refractivity (Wildman–Crippen MR) is 75.7 cm³/mol. The van der Waals surface area contributed by atoms with Crippen LogP contribution in [-0.2, 0) is 0 Å². The Morgan fingerprint density at radius 3 is 2.89 bits per heavy atom. The van der Waals surface area contributed by atoms with E-state index in [9.17, 15) is 4.79 Å². The zero-order valence-corrected chi connectivity index (χ0v) is 10.3. The van der Waals surface area contributed by atoms with Crippen LogP contribution in [-0.4, -0.2) is 18.2 Å². The first-order chi connectivity index (χ1) is 9.20. The fourth-order valence-electron chi connectivity index (χ4n) is 2.00. The van der Waals surface area contributed by atoms with Crippen LogP contribution in [0.5, 0.6) is 0 Å². The summed E-state index contributed by atoms with van der Waals surface area (Å²) in [5, 5.41) is 0.934. The van der Waals surface area contributed by atoms with E-state index in [0.717, 1.165) is 0 Å². The lowest BCUT2D eigenvalue weighted by Gasteiger charge is -2.03. The van der Waals surface area contributed by atoms with E-state index in [-0.39, 0.29) is 17.0 Å². The summed E-state index contributed by atoms with van der Waals surface area (Å²) in [5.74, 6) is 0.288. The number of anilines is 1. The van der Waals surface area contributed by atoms with Crippen molar-refractivity contribution in [3.63, 3.8) is 0 Å². The normalized spacial score (nSPS) is 11.6. The van der Waals surface area contributed by atoms with Gasteiger partial charge in [0, 0.05) is 18.8 Å². The molecule has 0 aliphatic heterocycles. The van der Waals surface area contributed by atoms with Crippen molar-refractivity contribution in [3.8, 4) is 0 Å². The van der Waals surface area contributed by atoms with Crippen LogP contribution in [0.15, 0.2) is 44.5 Å². The second-order valence-electron chi connectivity index (χ2n) is 4.13. The number of aliphatic imine (C=N–C) groups is 1. The molecule has 0 aliphatic carbocycles. The van der Waals surface area contributed by atoms with Crippen molar-refractivity contribution in [3.05, 3.63) is 46.1 Å². The second-order valence-corrected chi connectivity index (χ2v) is 4.13. The Hall–Kier alpha value is -2.69. The highest BCUT2D eigenvalue weighted by atomic mass is 16.3. The summed E-state index contributed by atoms with van der Waals surface area (Å²) < 4.78 is 5.61. The number of nitrogens with two attached hydrogens (primary N) is 1. The van der Waals surface area contributed by atoms with E-state index < -0.39 is 0 Å². The Morgan fingerprint density at radius 2 is 2.11 bits per heavy atom. The Labute approximate surface area is 108 Å². The Bertz CT molecular complexity index is 866. The third-order valence-electron chi connectivity index (χ3n) is 2.90. The molecule has 0 atom stereocenters. The van der Waals surface area contributed by atoms with Gasteiger partial charge in [0.15, 0.2) is 0 Å². The lowest BCUT2D eigenvalue weighted by molar-refractivity contribution is 0.645. The average Bonchev–Trinajstić information content (AvgIpc) is 2.41. The summed E-state index contributed by atoms with van der Waals surface area (Å²) in [7, 11) is 1.63. The molecule has 19 heavy (non-hydrogen) atoms. The fraction of sp³-hybridized carbons (Fsp3) is 0.0714. The van der Waals surface area contributed by atoms with E-state index in [1.165, 1.54) is 0 Å². The quantitative estimate of drug-likeness (QED) is 0.531. The van der Waals surface area contributed by atoms with Crippen molar-refractivity contribution in [1.29, 1.82) is 0 Å². The van der Waals surface area contributed by atoms with Crippen LogP contribution in [0.25, 0.3) is 22.1 Å². The SMILES string of the molecule is CN=Cc1cc2c(=O)c3ccccc3oc2nc1N. The van der Waals surface area contributed by atoms with Gasteiger partial charge in [-0.05, 0) is 18.2 Å². The van der Waals surface area contributed by atoms with E-state index in [1.54, 1.807) is 43.6 Å². The fourth-order valence-corrected chi connectivity index (χ4v) is 2.00. The molecule has 2 N–H and O–H groups in total. The third-order valence-corrected chi connectivity index (χ3v) is 2.90. The first-order valence-electron chi connectivity index (χ1n) is 5.75. The van der Waals surface area contributed by atoms with Gasteiger partial charge in [0.25, 0.3) is 0 Å². The van der Waals surface area contributed by atoms with Crippen LogP contribution < -0.4 is 11.2 Å². The molecule has 0 saturated heterocycles. The van der Waals surface area contributed by atoms with Crippen LogP contribution in [0, 0.1) is 0 Å². The van der Waals surface area contributed by atoms with Crippen molar-refractivity contribution >= 4 is 34.1 Å². The average molecular weight is 253 g/mol. The summed E-state index contributed by atoms with van der Waals surface area (Å²) in [6.45, 7) is 0. The number of hydrogen-bond acceptors (Lipinski definition) is 5. The van der Waals surface area contributed by atoms with Crippen molar-refractivity contribution in [1.82, 2.24) is 4.98 Å². The summed E-state index contributed by atoms with van der Waals surface area (Å²) in [5.41, 5.74) is 7.04. The smallest absolute Gasteiger partial charge is 0.232 e. The van der Waals surface area contributed by atoms with Crippen LogP contribution >= 0.6 is 0 Å². The molecule has 0 spiro atoms. The van der Waals surface area contributed by atoms with E-state index in [1.807, 2.05) is 0 Å². The number of benzene rings is 1. The van der Waals surface area contributed by atoms with Gasteiger partial charge in [-0.25, -0.2) is 0 Å². The highest BCUT2D eigenvalue weighted by Gasteiger charge is 2.10. The number of rotatable bonds is 1. The molecular formula is C14H11N3O2. The zero-order chi connectivity index (χ0) is 13.4. The van der Waals surface area contributed by atoms with E-state index in [4.69, 9.17) is 10.2 Å². The summed E-state index contributed by atoms with van der Waals surface area (Å²) in [4.78, 5) is 20.4. The molecule has 0 fully saturated rings. The summed E-state index contributed by atoms with van der Waals surface area (Å²) in [6, 6.07) is 8.71. The number of para-hydroxylation sites is 1. The van der Waals surface area contributed by atoms with E-state index in [2.05, 4.69) is 9.98 Å². The topological polar surface area (TPSA) is 81.5 Å². The number of pyridine rings is 1. The highest BCUT2D eigenvalue weighted by Crippen LogP contribution is 2.19. The minimum absolute atomic E-state index is 0.116. The number of aromatic nitrogens is 1. The van der Waals surface area contributed by atoms with Gasteiger partial charge in [-0.3, -0.25) is 9.79 Å². The molecule has 1 aromatic carbocycles. The first kappa shape index (κ1) is 11.4. The molecule has 0 amide bonds. The lowest BCUT2D eigenvalue weighted by Crippen LogP contribution is -2.06. The van der Waals surface area contributed by atoms with Crippen LogP contribution in [0.1, 0.15) is 5.56 Å². The molecule has 2 aromatic heterocycles. The number of fused-ring (bicyclic) bond motifs is 2. The molecule has 0 unspecified atom stereocenters. The predicted octanol–water partition coefficient (Wildman–Crippen LogP) is 1.97. The lowest BCUT2D eigenvalue weighted by atomic mass is 10.1. The summed E-state index contributed by atoms with van der Waals surface area (Å²) in [6.07, 6.45) is 1.57. The van der Waals surface area contributed by atoms with Gasteiger partial charge in [0.05, 0.1) is 10.8 Å².